The van der Waals surface area contributed by atoms with E-state index in [1.807, 2.05) is 18.2 Å². The number of nitrogens with zero attached hydrogens (tertiary/aromatic N) is 2. The van der Waals surface area contributed by atoms with Crippen molar-refractivity contribution in [3.05, 3.63) is 48.3 Å². The third-order valence-electron chi connectivity index (χ3n) is 2.80. The Morgan fingerprint density at radius 1 is 1.21 bits per heavy atom. The van der Waals surface area contributed by atoms with Gasteiger partial charge in [-0.15, -0.1) is 0 Å². The Morgan fingerprint density at radius 3 is 2.68 bits per heavy atom. The highest BCUT2D eigenvalue weighted by atomic mass is 16.5. The molecule has 4 heteroatoms. The molecule has 0 fully saturated rings. The van der Waals surface area contributed by atoms with Crippen molar-refractivity contribution in [3.8, 4) is 5.75 Å². The van der Waals surface area contributed by atoms with Crippen LogP contribution in [0.25, 0.3) is 0 Å². The fraction of sp³-hybridized carbons (Fsp3) is 0.333. The Kier molecular flexibility index (Phi) is 4.72. The molecular formula is C15H19N3O. The van der Waals surface area contributed by atoms with Gasteiger partial charge >= 0.3 is 0 Å². The van der Waals surface area contributed by atoms with Crippen LogP contribution in [-0.2, 0) is 0 Å². The first kappa shape index (κ1) is 13.3. The molecule has 0 aliphatic carbocycles. The maximum absolute atomic E-state index is 5.95. The first-order valence-electron chi connectivity index (χ1n) is 6.52. The summed E-state index contributed by atoms with van der Waals surface area (Å²) in [5.74, 6) is 1.54. The van der Waals surface area contributed by atoms with E-state index in [0.717, 1.165) is 12.2 Å². The van der Waals surface area contributed by atoms with Gasteiger partial charge in [-0.2, -0.15) is 0 Å². The average molecular weight is 257 g/mol. The van der Waals surface area contributed by atoms with Crippen LogP contribution in [0.2, 0.25) is 0 Å². The molecule has 0 amide bonds. The van der Waals surface area contributed by atoms with Gasteiger partial charge in [0.25, 0.3) is 0 Å². The number of benzene rings is 1. The van der Waals surface area contributed by atoms with Crippen LogP contribution in [0.5, 0.6) is 5.75 Å². The first-order chi connectivity index (χ1) is 9.28. The Morgan fingerprint density at radius 2 is 2.00 bits per heavy atom. The lowest BCUT2D eigenvalue weighted by atomic mass is 10.2. The molecule has 19 heavy (non-hydrogen) atoms. The Hall–Kier alpha value is -2.10. The predicted octanol–water partition coefficient (Wildman–Crippen LogP) is 3.05. The highest BCUT2D eigenvalue weighted by molar-refractivity contribution is 5.28. The molecule has 100 valence electrons. The highest BCUT2D eigenvalue weighted by Crippen LogP contribution is 2.15. The fourth-order valence-electron chi connectivity index (χ4n) is 1.75. The first-order valence-corrected chi connectivity index (χ1v) is 6.52. The smallest absolute Gasteiger partial charge is 0.222 e. The number of rotatable bonds is 6. The van der Waals surface area contributed by atoms with Crippen LogP contribution in [0.3, 0.4) is 0 Å². The second kappa shape index (κ2) is 6.73. The number of nitrogens with one attached hydrogen (secondary N) is 1. The van der Waals surface area contributed by atoms with E-state index >= 15 is 0 Å². The van der Waals surface area contributed by atoms with Gasteiger partial charge in [0, 0.05) is 12.4 Å². The predicted molar refractivity (Wildman–Crippen MR) is 76.4 cm³/mol. The summed E-state index contributed by atoms with van der Waals surface area (Å²) in [4.78, 5) is 8.26. The summed E-state index contributed by atoms with van der Waals surface area (Å²) < 4.78 is 5.95. The number of hydrogen-bond donors (Lipinski definition) is 1. The molecule has 0 saturated carbocycles. The molecular weight excluding hydrogens is 238 g/mol. The van der Waals surface area contributed by atoms with Gasteiger partial charge in [-0.05, 0) is 37.1 Å². The van der Waals surface area contributed by atoms with Crippen molar-refractivity contribution < 1.29 is 4.74 Å². The summed E-state index contributed by atoms with van der Waals surface area (Å²) in [6.07, 6.45) is 4.47. The van der Waals surface area contributed by atoms with Crippen molar-refractivity contribution in [3.63, 3.8) is 0 Å². The van der Waals surface area contributed by atoms with Gasteiger partial charge in [-0.3, -0.25) is 0 Å². The maximum Gasteiger partial charge on any atom is 0.222 e. The summed E-state index contributed by atoms with van der Waals surface area (Å²) in [5.41, 5.74) is 1.20. The molecule has 0 aliphatic rings. The lowest BCUT2D eigenvalue weighted by Crippen LogP contribution is -2.26. The lowest BCUT2D eigenvalue weighted by molar-refractivity contribution is 0.209. The monoisotopic (exact) mass is 257 g/mol. The van der Waals surface area contributed by atoms with E-state index in [-0.39, 0.29) is 6.10 Å². The van der Waals surface area contributed by atoms with E-state index in [9.17, 15) is 0 Å². The zero-order valence-corrected chi connectivity index (χ0v) is 11.3. The molecule has 4 nitrogen and oxygen atoms in total. The molecule has 0 aliphatic heterocycles. The van der Waals surface area contributed by atoms with Gasteiger partial charge in [0.1, 0.15) is 11.9 Å². The Bertz CT molecular complexity index is 502. The Balaban J connectivity index is 1.90. The van der Waals surface area contributed by atoms with Crippen LogP contribution < -0.4 is 10.1 Å². The molecule has 1 atom stereocenters. The van der Waals surface area contributed by atoms with Crippen LogP contribution in [0.15, 0.2) is 42.7 Å². The second-order valence-electron chi connectivity index (χ2n) is 4.42. The Labute approximate surface area is 113 Å². The molecule has 2 aromatic rings. The molecule has 0 radical (unpaired) electrons. The van der Waals surface area contributed by atoms with Crippen molar-refractivity contribution in [2.45, 2.75) is 26.4 Å². The summed E-state index contributed by atoms with van der Waals surface area (Å²) >= 11 is 0. The number of hydrogen-bond acceptors (Lipinski definition) is 4. The SMILES string of the molecule is CCC(CNc1ncccn1)Oc1cccc(C)c1. The average Bonchev–Trinajstić information content (AvgIpc) is 2.44. The van der Waals surface area contributed by atoms with Gasteiger partial charge < -0.3 is 10.1 Å². The lowest BCUT2D eigenvalue weighted by Gasteiger charge is -2.18. The summed E-state index contributed by atoms with van der Waals surface area (Å²) in [5, 5.41) is 3.18. The quantitative estimate of drug-likeness (QED) is 0.864. The number of ether oxygens (including phenoxy) is 1. The number of aryl methyl sites for hydroxylation is 1. The van der Waals surface area contributed by atoms with E-state index in [2.05, 4.69) is 35.2 Å². The topological polar surface area (TPSA) is 47.0 Å². The summed E-state index contributed by atoms with van der Waals surface area (Å²) in [6, 6.07) is 9.89. The third kappa shape index (κ3) is 4.25. The van der Waals surface area contributed by atoms with Crippen molar-refractivity contribution in [2.75, 3.05) is 11.9 Å². The number of anilines is 1. The van der Waals surface area contributed by atoms with E-state index in [4.69, 9.17) is 4.74 Å². The molecule has 0 bridgehead atoms. The van der Waals surface area contributed by atoms with Crippen LogP contribution in [0.4, 0.5) is 5.95 Å². The van der Waals surface area contributed by atoms with Crippen LogP contribution in [0.1, 0.15) is 18.9 Å². The minimum atomic E-state index is 0.102. The summed E-state index contributed by atoms with van der Waals surface area (Å²) in [6.45, 7) is 4.85. The molecule has 1 aromatic heterocycles. The standard InChI is InChI=1S/C15H19N3O/c1-3-13(11-18-15-16-8-5-9-17-15)19-14-7-4-6-12(2)10-14/h4-10,13H,3,11H2,1-2H3,(H,16,17,18). The van der Waals surface area contributed by atoms with Crippen molar-refractivity contribution >= 4 is 5.95 Å². The van der Waals surface area contributed by atoms with Gasteiger partial charge in [0.15, 0.2) is 0 Å². The highest BCUT2D eigenvalue weighted by Gasteiger charge is 2.08. The maximum atomic E-state index is 5.95. The van der Waals surface area contributed by atoms with E-state index in [0.29, 0.717) is 12.5 Å². The second-order valence-corrected chi connectivity index (χ2v) is 4.42. The van der Waals surface area contributed by atoms with Gasteiger partial charge in [-0.25, -0.2) is 9.97 Å². The van der Waals surface area contributed by atoms with E-state index < -0.39 is 0 Å². The van der Waals surface area contributed by atoms with Gasteiger partial charge in [0.2, 0.25) is 5.95 Å². The molecule has 2 rings (SSSR count). The van der Waals surface area contributed by atoms with Crippen LogP contribution >= 0.6 is 0 Å². The van der Waals surface area contributed by atoms with E-state index in [1.54, 1.807) is 18.5 Å². The van der Waals surface area contributed by atoms with Crippen LogP contribution in [-0.4, -0.2) is 22.6 Å². The zero-order valence-electron chi connectivity index (χ0n) is 11.3. The zero-order chi connectivity index (χ0) is 13.5. The molecule has 1 N–H and O–H groups in total. The van der Waals surface area contributed by atoms with Crippen molar-refractivity contribution in [1.29, 1.82) is 0 Å². The third-order valence-corrected chi connectivity index (χ3v) is 2.80. The molecule has 1 aromatic carbocycles. The fourth-order valence-corrected chi connectivity index (χ4v) is 1.75. The molecule has 0 spiro atoms. The summed E-state index contributed by atoms with van der Waals surface area (Å²) in [7, 11) is 0. The normalized spacial score (nSPS) is 11.9. The van der Waals surface area contributed by atoms with Gasteiger partial charge in [-0.1, -0.05) is 19.1 Å². The minimum absolute atomic E-state index is 0.102. The molecule has 0 saturated heterocycles. The molecule has 1 heterocycles. The van der Waals surface area contributed by atoms with E-state index in [1.165, 1.54) is 5.56 Å². The molecule has 1 unspecified atom stereocenters. The van der Waals surface area contributed by atoms with Gasteiger partial charge in [0.05, 0.1) is 6.54 Å². The number of aromatic nitrogens is 2. The van der Waals surface area contributed by atoms with Crippen LogP contribution in [0, 0.1) is 6.92 Å². The largest absolute Gasteiger partial charge is 0.489 e. The minimum Gasteiger partial charge on any atom is -0.489 e. The van der Waals surface area contributed by atoms with Crippen molar-refractivity contribution in [1.82, 2.24) is 9.97 Å². The van der Waals surface area contributed by atoms with Crippen molar-refractivity contribution in [2.24, 2.45) is 0 Å².